The Bertz CT molecular complexity index is 1060. The van der Waals surface area contributed by atoms with Crippen molar-refractivity contribution in [1.82, 2.24) is 15.4 Å². The van der Waals surface area contributed by atoms with Gasteiger partial charge in [0.1, 0.15) is 11.5 Å². The van der Waals surface area contributed by atoms with Gasteiger partial charge in [0.25, 0.3) is 5.91 Å². The molecule has 31 heavy (non-hydrogen) atoms. The molecule has 3 rings (SSSR count). The van der Waals surface area contributed by atoms with Crippen molar-refractivity contribution < 1.29 is 14.3 Å². The highest BCUT2D eigenvalue weighted by Gasteiger charge is 2.07. The van der Waals surface area contributed by atoms with Gasteiger partial charge in [-0.05, 0) is 49.7 Å². The fourth-order valence-electron chi connectivity index (χ4n) is 2.81. The van der Waals surface area contributed by atoms with Gasteiger partial charge in [-0.1, -0.05) is 23.9 Å². The number of carbonyl (C=O) groups is 1. The van der Waals surface area contributed by atoms with E-state index in [0.29, 0.717) is 17.1 Å². The fraction of sp³-hybridized carbons (Fsp3) is 0.217. The molecule has 1 amide bonds. The second kappa shape index (κ2) is 10.6. The van der Waals surface area contributed by atoms with E-state index in [1.54, 1.807) is 56.3 Å². The summed E-state index contributed by atoms with van der Waals surface area (Å²) >= 11 is 1.57. The maximum absolute atomic E-state index is 12.4. The molecule has 0 radical (unpaired) electrons. The van der Waals surface area contributed by atoms with Crippen molar-refractivity contribution in [3.8, 4) is 11.5 Å². The summed E-state index contributed by atoms with van der Waals surface area (Å²) < 4.78 is 10.5. The Kier molecular flexibility index (Phi) is 7.61. The molecule has 7 nitrogen and oxygen atoms in total. The third-order valence-corrected chi connectivity index (χ3v) is 5.27. The van der Waals surface area contributed by atoms with Crippen molar-refractivity contribution >= 4 is 23.9 Å². The molecule has 0 fully saturated rings. The average molecular weight is 437 g/mol. The van der Waals surface area contributed by atoms with Crippen LogP contribution in [0.3, 0.4) is 0 Å². The number of carbonyl (C=O) groups excluding carboxylic acids is 1. The van der Waals surface area contributed by atoms with Crippen molar-refractivity contribution in [3.63, 3.8) is 0 Å². The van der Waals surface area contributed by atoms with Crippen LogP contribution in [0.15, 0.2) is 58.8 Å². The van der Waals surface area contributed by atoms with E-state index < -0.39 is 0 Å². The zero-order chi connectivity index (χ0) is 22.2. The van der Waals surface area contributed by atoms with Gasteiger partial charge in [0, 0.05) is 34.3 Å². The molecule has 0 aliphatic rings. The monoisotopic (exact) mass is 436 g/mol. The van der Waals surface area contributed by atoms with E-state index >= 15 is 0 Å². The third-order valence-electron chi connectivity index (χ3n) is 4.36. The molecular formula is C23H24N4O3S. The molecule has 0 unspecified atom stereocenters. The van der Waals surface area contributed by atoms with E-state index in [-0.39, 0.29) is 5.91 Å². The van der Waals surface area contributed by atoms with Gasteiger partial charge in [0.2, 0.25) is 0 Å². The number of hydrogen-bond acceptors (Lipinski definition) is 7. The Morgan fingerprint density at radius 1 is 1.03 bits per heavy atom. The van der Waals surface area contributed by atoms with Crippen LogP contribution in [-0.4, -0.2) is 36.3 Å². The van der Waals surface area contributed by atoms with Crippen LogP contribution in [0.4, 0.5) is 0 Å². The number of nitrogens with zero attached hydrogens (tertiary/aromatic N) is 3. The van der Waals surface area contributed by atoms with E-state index in [1.165, 1.54) is 6.21 Å². The highest BCUT2D eigenvalue weighted by molar-refractivity contribution is 7.98. The van der Waals surface area contributed by atoms with Gasteiger partial charge in [-0.2, -0.15) is 5.10 Å². The van der Waals surface area contributed by atoms with E-state index in [2.05, 4.69) is 20.5 Å². The summed E-state index contributed by atoms with van der Waals surface area (Å²) in [5.41, 5.74) is 6.77. The molecule has 0 aliphatic heterocycles. The first-order chi connectivity index (χ1) is 15.0. The second-order valence-electron chi connectivity index (χ2n) is 6.73. The number of methoxy groups -OCH3 is 2. The Morgan fingerprint density at radius 3 is 2.39 bits per heavy atom. The van der Waals surface area contributed by atoms with Crippen LogP contribution in [0.5, 0.6) is 11.5 Å². The zero-order valence-electron chi connectivity index (χ0n) is 17.9. The van der Waals surface area contributed by atoms with Gasteiger partial charge in [0.15, 0.2) is 5.16 Å². The van der Waals surface area contributed by atoms with Crippen LogP contribution in [0.1, 0.15) is 32.9 Å². The Morgan fingerprint density at radius 2 is 1.74 bits per heavy atom. The average Bonchev–Trinajstić information content (AvgIpc) is 2.77. The Hall–Kier alpha value is -3.39. The van der Waals surface area contributed by atoms with E-state index in [1.807, 2.05) is 32.0 Å². The second-order valence-corrected chi connectivity index (χ2v) is 7.67. The highest BCUT2D eigenvalue weighted by atomic mass is 32.2. The van der Waals surface area contributed by atoms with Crippen molar-refractivity contribution in [1.29, 1.82) is 0 Å². The van der Waals surface area contributed by atoms with E-state index in [9.17, 15) is 4.79 Å². The minimum absolute atomic E-state index is 0.291. The summed E-state index contributed by atoms with van der Waals surface area (Å²) in [6.07, 6.45) is 1.53. The van der Waals surface area contributed by atoms with Crippen molar-refractivity contribution in [2.45, 2.75) is 24.8 Å². The Balaban J connectivity index is 1.57. The molecule has 0 spiro atoms. The van der Waals surface area contributed by atoms with Crippen LogP contribution in [-0.2, 0) is 5.75 Å². The third kappa shape index (κ3) is 6.29. The first-order valence-corrected chi connectivity index (χ1v) is 10.6. The van der Waals surface area contributed by atoms with Crippen molar-refractivity contribution in [3.05, 3.63) is 76.6 Å². The van der Waals surface area contributed by atoms with Crippen LogP contribution in [0, 0.1) is 13.8 Å². The number of hydrazone groups is 1. The van der Waals surface area contributed by atoms with Crippen LogP contribution in [0.25, 0.3) is 0 Å². The zero-order valence-corrected chi connectivity index (χ0v) is 18.7. The normalized spacial score (nSPS) is 10.8. The number of rotatable bonds is 8. The maximum Gasteiger partial charge on any atom is 0.271 e. The molecule has 0 saturated heterocycles. The maximum atomic E-state index is 12.4. The first kappa shape index (κ1) is 22.3. The van der Waals surface area contributed by atoms with Gasteiger partial charge in [-0.15, -0.1) is 0 Å². The van der Waals surface area contributed by atoms with Gasteiger partial charge in [-0.25, -0.2) is 15.4 Å². The predicted molar refractivity (Wildman–Crippen MR) is 122 cm³/mol. The number of nitrogens with one attached hydrogen (secondary N) is 1. The van der Waals surface area contributed by atoms with Gasteiger partial charge in [0.05, 0.1) is 20.4 Å². The molecule has 160 valence electrons. The molecule has 1 aromatic heterocycles. The summed E-state index contributed by atoms with van der Waals surface area (Å²) in [6.45, 7) is 3.92. The lowest BCUT2D eigenvalue weighted by Gasteiger charge is -2.07. The van der Waals surface area contributed by atoms with Crippen LogP contribution >= 0.6 is 11.8 Å². The van der Waals surface area contributed by atoms with Gasteiger partial charge < -0.3 is 9.47 Å². The summed E-state index contributed by atoms with van der Waals surface area (Å²) in [5, 5.41) is 4.78. The minimum atomic E-state index is -0.291. The summed E-state index contributed by atoms with van der Waals surface area (Å²) in [4.78, 5) is 21.2. The molecule has 1 heterocycles. The number of benzene rings is 2. The molecule has 0 saturated carbocycles. The van der Waals surface area contributed by atoms with Crippen LogP contribution < -0.4 is 14.9 Å². The molecular weight excluding hydrogens is 412 g/mol. The van der Waals surface area contributed by atoms with Gasteiger partial charge in [-0.3, -0.25) is 4.79 Å². The smallest absolute Gasteiger partial charge is 0.271 e. The van der Waals surface area contributed by atoms with E-state index in [0.717, 1.165) is 33.4 Å². The van der Waals surface area contributed by atoms with E-state index in [4.69, 9.17) is 9.47 Å². The van der Waals surface area contributed by atoms with Crippen molar-refractivity contribution in [2.75, 3.05) is 14.2 Å². The van der Waals surface area contributed by atoms with Crippen molar-refractivity contribution in [2.24, 2.45) is 5.10 Å². The molecule has 1 N–H and O–H groups in total. The topological polar surface area (TPSA) is 85.7 Å². The molecule has 3 aromatic rings. The number of aryl methyl sites for hydroxylation is 2. The first-order valence-electron chi connectivity index (χ1n) is 9.58. The molecule has 2 aromatic carbocycles. The lowest BCUT2D eigenvalue weighted by molar-refractivity contribution is 0.0955. The van der Waals surface area contributed by atoms with Crippen LogP contribution in [0.2, 0.25) is 0 Å². The number of amides is 1. The number of aromatic nitrogens is 2. The Labute approximate surface area is 185 Å². The molecule has 0 atom stereocenters. The summed E-state index contributed by atoms with van der Waals surface area (Å²) in [5.74, 6) is 1.72. The minimum Gasteiger partial charge on any atom is -0.497 e. The summed E-state index contributed by atoms with van der Waals surface area (Å²) in [7, 11) is 3.15. The van der Waals surface area contributed by atoms with Gasteiger partial charge >= 0.3 is 0 Å². The highest BCUT2D eigenvalue weighted by Crippen LogP contribution is 2.23. The number of thioether (sulfide) groups is 1. The number of hydrogen-bond donors (Lipinski definition) is 1. The summed E-state index contributed by atoms with van der Waals surface area (Å²) in [6, 6.07) is 14.7. The lowest BCUT2D eigenvalue weighted by Crippen LogP contribution is -2.17. The quantitative estimate of drug-likeness (QED) is 0.247. The molecule has 0 aliphatic carbocycles. The standard InChI is InChI=1S/C23H24N4O3S/c1-15-11-16(2)26-23(25-15)31-14-17-5-7-18(8-6-17)22(28)27-24-13-19-9-10-20(29-3)12-21(19)30-4/h5-13H,14H2,1-4H3,(H,27,28)/b24-13+. The molecule has 8 heteroatoms. The predicted octanol–water partition coefficient (Wildman–Crippen LogP) is 4.17. The molecule has 0 bridgehead atoms. The fourth-order valence-corrected chi connectivity index (χ4v) is 3.71. The largest absolute Gasteiger partial charge is 0.497 e. The lowest BCUT2D eigenvalue weighted by atomic mass is 10.1. The SMILES string of the molecule is COc1ccc(/C=N/NC(=O)c2ccc(CSc3nc(C)cc(C)n3)cc2)c(OC)c1. The number of ether oxygens (including phenoxy) is 2.